The molecule has 2 N–H and O–H groups in total. The molecule has 1 aromatic carbocycles. The summed E-state index contributed by atoms with van der Waals surface area (Å²) in [5.41, 5.74) is 9.82. The van der Waals surface area contributed by atoms with Crippen LogP contribution in [0.3, 0.4) is 0 Å². The highest BCUT2D eigenvalue weighted by molar-refractivity contribution is 5.30. The molecule has 1 nitrogen and oxygen atoms in total. The van der Waals surface area contributed by atoms with Gasteiger partial charge < -0.3 is 5.73 Å². The molecular weight excluding hydrogens is 170 g/mol. The predicted octanol–water partition coefficient (Wildman–Crippen LogP) is 2.83. The zero-order chi connectivity index (χ0) is 10.6. The smallest absolute Gasteiger partial charge is 0.00514 e. The molecule has 1 atom stereocenters. The highest BCUT2D eigenvalue weighted by Gasteiger charge is 2.02. The van der Waals surface area contributed by atoms with Gasteiger partial charge in [0.15, 0.2) is 0 Å². The minimum Gasteiger partial charge on any atom is -0.330 e. The fourth-order valence-corrected chi connectivity index (χ4v) is 1.65. The lowest BCUT2D eigenvalue weighted by Gasteiger charge is -2.10. The van der Waals surface area contributed by atoms with E-state index in [1.807, 2.05) is 0 Å². The van der Waals surface area contributed by atoms with E-state index in [1.165, 1.54) is 23.1 Å². The van der Waals surface area contributed by atoms with Gasteiger partial charge in [-0.1, -0.05) is 30.7 Å². The van der Waals surface area contributed by atoms with Crippen molar-refractivity contribution in [2.75, 3.05) is 6.54 Å². The molecule has 14 heavy (non-hydrogen) atoms. The van der Waals surface area contributed by atoms with Gasteiger partial charge in [0.25, 0.3) is 0 Å². The van der Waals surface area contributed by atoms with E-state index in [2.05, 4.69) is 39.0 Å². The molecule has 0 fully saturated rings. The van der Waals surface area contributed by atoms with E-state index in [-0.39, 0.29) is 0 Å². The first-order valence-corrected chi connectivity index (χ1v) is 5.39. The Morgan fingerprint density at radius 1 is 1.29 bits per heavy atom. The van der Waals surface area contributed by atoms with Crippen LogP contribution >= 0.6 is 0 Å². The van der Waals surface area contributed by atoms with Gasteiger partial charge in [0.1, 0.15) is 0 Å². The van der Waals surface area contributed by atoms with Crippen LogP contribution in [-0.4, -0.2) is 6.54 Å². The Balaban J connectivity index is 2.59. The standard InChI is InChI=1S/C13H21N/c1-10-4-6-13(12(3)8-10)7-5-11(2)9-14/h4,6,8,11H,5,7,9,14H2,1-3H3. The van der Waals surface area contributed by atoms with Crippen molar-refractivity contribution in [1.82, 2.24) is 0 Å². The van der Waals surface area contributed by atoms with Crippen LogP contribution in [-0.2, 0) is 6.42 Å². The van der Waals surface area contributed by atoms with Gasteiger partial charge in [0.2, 0.25) is 0 Å². The van der Waals surface area contributed by atoms with Crippen LogP contribution in [0.2, 0.25) is 0 Å². The van der Waals surface area contributed by atoms with Gasteiger partial charge in [0, 0.05) is 0 Å². The first-order chi connectivity index (χ1) is 6.63. The number of hydrogen-bond acceptors (Lipinski definition) is 1. The number of rotatable bonds is 4. The van der Waals surface area contributed by atoms with Gasteiger partial charge in [-0.05, 0) is 50.3 Å². The second-order valence-corrected chi connectivity index (χ2v) is 4.31. The minimum atomic E-state index is 0.635. The van der Waals surface area contributed by atoms with E-state index in [1.54, 1.807) is 0 Å². The van der Waals surface area contributed by atoms with Crippen LogP contribution in [0.5, 0.6) is 0 Å². The Morgan fingerprint density at radius 3 is 2.57 bits per heavy atom. The van der Waals surface area contributed by atoms with Gasteiger partial charge in [0.05, 0.1) is 0 Å². The van der Waals surface area contributed by atoms with E-state index < -0.39 is 0 Å². The third-order valence-corrected chi connectivity index (χ3v) is 2.81. The summed E-state index contributed by atoms with van der Waals surface area (Å²) in [6, 6.07) is 6.69. The summed E-state index contributed by atoms with van der Waals surface area (Å²) in [6.07, 6.45) is 2.35. The Bertz CT molecular complexity index is 291. The van der Waals surface area contributed by atoms with Crippen molar-refractivity contribution in [3.63, 3.8) is 0 Å². The van der Waals surface area contributed by atoms with Gasteiger partial charge in [-0.3, -0.25) is 0 Å². The van der Waals surface area contributed by atoms with E-state index >= 15 is 0 Å². The molecule has 0 spiro atoms. The molecule has 0 saturated heterocycles. The maximum Gasteiger partial charge on any atom is -0.00514 e. The molecule has 0 aromatic heterocycles. The van der Waals surface area contributed by atoms with Crippen molar-refractivity contribution in [1.29, 1.82) is 0 Å². The van der Waals surface area contributed by atoms with Crippen molar-refractivity contribution in [3.05, 3.63) is 34.9 Å². The quantitative estimate of drug-likeness (QED) is 0.778. The molecule has 1 heteroatoms. The van der Waals surface area contributed by atoms with Crippen LogP contribution in [0.1, 0.15) is 30.0 Å². The largest absolute Gasteiger partial charge is 0.330 e. The minimum absolute atomic E-state index is 0.635. The lowest BCUT2D eigenvalue weighted by Crippen LogP contribution is -2.11. The first kappa shape index (κ1) is 11.3. The third-order valence-electron chi connectivity index (χ3n) is 2.81. The second kappa shape index (κ2) is 5.16. The van der Waals surface area contributed by atoms with Crippen LogP contribution in [0.25, 0.3) is 0 Å². The maximum atomic E-state index is 5.60. The SMILES string of the molecule is Cc1ccc(CCC(C)CN)c(C)c1. The fraction of sp³-hybridized carbons (Fsp3) is 0.538. The molecule has 1 aromatic rings. The van der Waals surface area contributed by atoms with Crippen molar-refractivity contribution < 1.29 is 0 Å². The van der Waals surface area contributed by atoms with E-state index in [0.29, 0.717) is 5.92 Å². The molecular formula is C13H21N. The average Bonchev–Trinajstić information content (AvgIpc) is 2.16. The maximum absolute atomic E-state index is 5.60. The van der Waals surface area contributed by atoms with Crippen molar-refractivity contribution in [2.45, 2.75) is 33.6 Å². The number of benzene rings is 1. The molecule has 0 heterocycles. The monoisotopic (exact) mass is 191 g/mol. The lowest BCUT2D eigenvalue weighted by molar-refractivity contribution is 0.544. The van der Waals surface area contributed by atoms with Gasteiger partial charge >= 0.3 is 0 Å². The normalized spacial score (nSPS) is 12.9. The van der Waals surface area contributed by atoms with Crippen molar-refractivity contribution >= 4 is 0 Å². The van der Waals surface area contributed by atoms with Crippen molar-refractivity contribution in [2.24, 2.45) is 11.7 Å². The number of nitrogens with two attached hydrogens (primary N) is 1. The third kappa shape index (κ3) is 3.15. The summed E-state index contributed by atoms with van der Waals surface area (Å²) in [7, 11) is 0. The Morgan fingerprint density at radius 2 is 2.00 bits per heavy atom. The van der Waals surface area contributed by atoms with Crippen LogP contribution < -0.4 is 5.73 Å². The zero-order valence-corrected chi connectivity index (χ0v) is 9.51. The second-order valence-electron chi connectivity index (χ2n) is 4.31. The molecule has 0 saturated carbocycles. The number of hydrogen-bond donors (Lipinski definition) is 1. The summed E-state index contributed by atoms with van der Waals surface area (Å²) < 4.78 is 0. The van der Waals surface area contributed by atoms with Crippen LogP contribution in [0.4, 0.5) is 0 Å². The van der Waals surface area contributed by atoms with Crippen LogP contribution in [0, 0.1) is 19.8 Å². The molecule has 78 valence electrons. The fourth-order valence-electron chi connectivity index (χ4n) is 1.65. The molecule has 0 amide bonds. The molecule has 1 unspecified atom stereocenters. The molecule has 0 aliphatic heterocycles. The molecule has 0 aliphatic carbocycles. The number of aryl methyl sites for hydroxylation is 3. The topological polar surface area (TPSA) is 26.0 Å². The Hall–Kier alpha value is -0.820. The van der Waals surface area contributed by atoms with E-state index in [9.17, 15) is 0 Å². The van der Waals surface area contributed by atoms with Crippen molar-refractivity contribution in [3.8, 4) is 0 Å². The highest BCUT2D eigenvalue weighted by Crippen LogP contribution is 2.14. The average molecular weight is 191 g/mol. The molecule has 0 aliphatic rings. The lowest BCUT2D eigenvalue weighted by atomic mass is 9.97. The summed E-state index contributed by atoms with van der Waals surface area (Å²) in [5.74, 6) is 0.635. The highest BCUT2D eigenvalue weighted by atomic mass is 14.5. The van der Waals surface area contributed by atoms with Gasteiger partial charge in [-0.25, -0.2) is 0 Å². The molecule has 1 rings (SSSR count). The predicted molar refractivity (Wildman–Crippen MR) is 62.5 cm³/mol. The van der Waals surface area contributed by atoms with Crippen LogP contribution in [0.15, 0.2) is 18.2 Å². The molecule has 0 radical (unpaired) electrons. The summed E-state index contributed by atoms with van der Waals surface area (Å²) in [4.78, 5) is 0. The Kier molecular flexibility index (Phi) is 4.15. The zero-order valence-electron chi connectivity index (χ0n) is 9.51. The summed E-state index contributed by atoms with van der Waals surface area (Å²) in [6.45, 7) is 7.34. The van der Waals surface area contributed by atoms with Gasteiger partial charge in [-0.2, -0.15) is 0 Å². The van der Waals surface area contributed by atoms with E-state index in [4.69, 9.17) is 5.73 Å². The molecule has 0 bridgehead atoms. The summed E-state index contributed by atoms with van der Waals surface area (Å²) in [5, 5.41) is 0. The van der Waals surface area contributed by atoms with Gasteiger partial charge in [-0.15, -0.1) is 0 Å². The van der Waals surface area contributed by atoms with E-state index in [0.717, 1.165) is 13.0 Å². The Labute approximate surface area is 87.3 Å². The summed E-state index contributed by atoms with van der Waals surface area (Å²) >= 11 is 0. The first-order valence-electron chi connectivity index (χ1n) is 5.39.